The molecule has 1 aliphatic rings. The third-order valence-electron chi connectivity index (χ3n) is 3.83. The molecule has 1 amide bonds. The molecule has 4 heteroatoms. The number of ether oxygens (including phenoxy) is 1. The molecule has 1 aliphatic carbocycles. The summed E-state index contributed by atoms with van der Waals surface area (Å²) in [6.07, 6.45) is 3.02. The highest BCUT2D eigenvalue weighted by atomic mass is 16.5. The van der Waals surface area contributed by atoms with Crippen molar-refractivity contribution in [1.29, 1.82) is 0 Å². The Hall–Kier alpha value is -1.55. The van der Waals surface area contributed by atoms with Crippen molar-refractivity contribution in [1.82, 2.24) is 5.32 Å². The van der Waals surface area contributed by atoms with Crippen molar-refractivity contribution >= 4 is 5.91 Å². The topological polar surface area (TPSA) is 58.6 Å². The van der Waals surface area contributed by atoms with E-state index in [-0.39, 0.29) is 5.91 Å². The Labute approximate surface area is 120 Å². The van der Waals surface area contributed by atoms with E-state index in [2.05, 4.69) is 5.32 Å². The quantitative estimate of drug-likeness (QED) is 0.867. The van der Waals surface area contributed by atoms with Gasteiger partial charge in [-0.2, -0.15) is 0 Å². The first kappa shape index (κ1) is 14.9. The first-order chi connectivity index (χ1) is 9.48. The largest absolute Gasteiger partial charge is 0.481 e. The van der Waals surface area contributed by atoms with E-state index in [0.29, 0.717) is 12.3 Å². The lowest BCUT2D eigenvalue weighted by Crippen LogP contribution is -2.45. The van der Waals surface area contributed by atoms with Crippen LogP contribution in [0.1, 0.15) is 38.2 Å². The maximum Gasteiger partial charge on any atom is 0.260 e. The van der Waals surface area contributed by atoms with Crippen molar-refractivity contribution in [3.05, 3.63) is 29.8 Å². The van der Waals surface area contributed by atoms with Crippen LogP contribution in [0.15, 0.2) is 24.3 Å². The van der Waals surface area contributed by atoms with Gasteiger partial charge in [-0.1, -0.05) is 30.5 Å². The summed E-state index contributed by atoms with van der Waals surface area (Å²) in [6.45, 7) is 4.03. The first-order valence-electron chi connectivity index (χ1n) is 7.22. The fourth-order valence-corrected chi connectivity index (χ4v) is 2.48. The van der Waals surface area contributed by atoms with Crippen LogP contribution in [-0.4, -0.2) is 29.3 Å². The number of aliphatic hydroxyl groups is 1. The molecule has 1 atom stereocenters. The van der Waals surface area contributed by atoms with Crippen LogP contribution in [-0.2, 0) is 4.79 Å². The molecule has 1 saturated carbocycles. The van der Waals surface area contributed by atoms with Crippen LogP contribution in [0.3, 0.4) is 0 Å². The van der Waals surface area contributed by atoms with Crippen LogP contribution in [0.4, 0.5) is 0 Å². The number of hydrogen-bond acceptors (Lipinski definition) is 3. The van der Waals surface area contributed by atoms with Gasteiger partial charge in [0.15, 0.2) is 6.10 Å². The summed E-state index contributed by atoms with van der Waals surface area (Å²) >= 11 is 0. The van der Waals surface area contributed by atoms with Crippen LogP contribution in [0.2, 0.25) is 0 Å². The minimum absolute atomic E-state index is 0.189. The van der Waals surface area contributed by atoms with Crippen LogP contribution < -0.4 is 10.1 Å². The molecule has 1 unspecified atom stereocenters. The summed E-state index contributed by atoms with van der Waals surface area (Å²) in [5.41, 5.74) is 0.428. The van der Waals surface area contributed by atoms with Gasteiger partial charge >= 0.3 is 0 Å². The lowest BCUT2D eigenvalue weighted by Gasteiger charge is -2.23. The van der Waals surface area contributed by atoms with Gasteiger partial charge in [-0.05, 0) is 38.8 Å². The zero-order valence-electron chi connectivity index (χ0n) is 12.2. The predicted octanol–water partition coefficient (Wildman–Crippen LogP) is 2.18. The molecule has 110 valence electrons. The Morgan fingerprint density at radius 1 is 1.35 bits per heavy atom. The molecular weight excluding hydrogens is 254 g/mol. The molecule has 0 aliphatic heterocycles. The molecule has 0 aromatic heterocycles. The normalized spacial score (nSPS) is 18.6. The monoisotopic (exact) mass is 277 g/mol. The fourth-order valence-electron chi connectivity index (χ4n) is 2.48. The average molecular weight is 277 g/mol. The molecule has 20 heavy (non-hydrogen) atoms. The van der Waals surface area contributed by atoms with Crippen molar-refractivity contribution < 1.29 is 14.6 Å². The molecule has 1 aromatic rings. The van der Waals surface area contributed by atoms with Crippen molar-refractivity contribution in [3.8, 4) is 5.75 Å². The van der Waals surface area contributed by atoms with E-state index >= 15 is 0 Å². The van der Waals surface area contributed by atoms with Gasteiger partial charge in [0.05, 0.1) is 5.60 Å². The first-order valence-corrected chi connectivity index (χ1v) is 7.22. The van der Waals surface area contributed by atoms with Gasteiger partial charge in [-0.15, -0.1) is 0 Å². The Bertz CT molecular complexity index is 449. The molecule has 0 heterocycles. The van der Waals surface area contributed by atoms with Crippen LogP contribution >= 0.6 is 0 Å². The highest BCUT2D eigenvalue weighted by Crippen LogP contribution is 2.28. The molecule has 0 saturated heterocycles. The van der Waals surface area contributed by atoms with Gasteiger partial charge in [0.2, 0.25) is 0 Å². The highest BCUT2D eigenvalue weighted by Gasteiger charge is 2.31. The lowest BCUT2D eigenvalue weighted by atomic mass is 10.0. The third-order valence-corrected chi connectivity index (χ3v) is 3.83. The van der Waals surface area contributed by atoms with Crippen molar-refractivity contribution in [2.45, 2.75) is 51.2 Å². The molecule has 0 radical (unpaired) electrons. The van der Waals surface area contributed by atoms with Gasteiger partial charge < -0.3 is 15.2 Å². The van der Waals surface area contributed by atoms with E-state index < -0.39 is 11.7 Å². The van der Waals surface area contributed by atoms with Crippen molar-refractivity contribution in [3.63, 3.8) is 0 Å². The van der Waals surface area contributed by atoms with E-state index in [1.165, 1.54) is 0 Å². The van der Waals surface area contributed by atoms with E-state index in [1.54, 1.807) is 6.92 Å². The minimum atomic E-state index is -0.723. The van der Waals surface area contributed by atoms with E-state index in [0.717, 1.165) is 31.2 Å². The summed E-state index contributed by atoms with van der Waals surface area (Å²) in [5, 5.41) is 13.0. The Morgan fingerprint density at radius 3 is 2.55 bits per heavy atom. The molecule has 2 N–H and O–H groups in total. The summed E-state index contributed by atoms with van der Waals surface area (Å²) in [5.74, 6) is 0.490. The highest BCUT2D eigenvalue weighted by molar-refractivity contribution is 5.80. The van der Waals surface area contributed by atoms with Gasteiger partial charge in [0, 0.05) is 6.54 Å². The Balaban J connectivity index is 1.81. The zero-order valence-corrected chi connectivity index (χ0v) is 12.2. The smallest absolute Gasteiger partial charge is 0.260 e. The summed E-state index contributed by atoms with van der Waals surface area (Å²) in [4.78, 5) is 12.0. The van der Waals surface area contributed by atoms with Crippen LogP contribution in [0, 0.1) is 6.92 Å². The molecule has 1 fully saturated rings. The number of hydrogen-bond donors (Lipinski definition) is 2. The number of nitrogens with one attached hydrogen (secondary N) is 1. The second-order valence-electron chi connectivity index (χ2n) is 5.72. The number of carbonyl (C=O) groups is 1. The second-order valence-corrected chi connectivity index (χ2v) is 5.72. The van der Waals surface area contributed by atoms with Crippen LogP contribution in [0.25, 0.3) is 0 Å². The van der Waals surface area contributed by atoms with Crippen molar-refractivity contribution in [2.75, 3.05) is 6.54 Å². The third kappa shape index (κ3) is 3.97. The molecule has 2 rings (SSSR count). The zero-order chi connectivity index (χ0) is 14.6. The van der Waals surface area contributed by atoms with E-state index in [1.807, 2.05) is 31.2 Å². The number of aryl methyl sites for hydroxylation is 1. The maximum atomic E-state index is 12.0. The Morgan fingerprint density at radius 2 is 1.95 bits per heavy atom. The van der Waals surface area contributed by atoms with Gasteiger partial charge in [0.1, 0.15) is 5.75 Å². The number of benzene rings is 1. The minimum Gasteiger partial charge on any atom is -0.481 e. The standard InChI is InChI=1S/C16H23NO3/c1-12-5-7-14(8-6-12)20-13(2)15(18)17-11-16(19)9-3-4-10-16/h5-8,13,19H,3-4,9-11H2,1-2H3,(H,17,18). The Kier molecular flexibility index (Phi) is 4.65. The van der Waals surface area contributed by atoms with Gasteiger partial charge in [-0.25, -0.2) is 0 Å². The van der Waals surface area contributed by atoms with Crippen molar-refractivity contribution in [2.24, 2.45) is 0 Å². The van der Waals surface area contributed by atoms with E-state index in [4.69, 9.17) is 4.74 Å². The summed E-state index contributed by atoms with van der Waals surface area (Å²) in [7, 11) is 0. The number of rotatable bonds is 5. The fraction of sp³-hybridized carbons (Fsp3) is 0.562. The second kappa shape index (κ2) is 6.27. The molecule has 4 nitrogen and oxygen atoms in total. The average Bonchev–Trinajstić information content (AvgIpc) is 2.86. The SMILES string of the molecule is Cc1ccc(OC(C)C(=O)NCC2(O)CCCC2)cc1. The van der Waals surface area contributed by atoms with E-state index in [9.17, 15) is 9.90 Å². The summed E-state index contributed by atoms with van der Waals surface area (Å²) < 4.78 is 5.59. The lowest BCUT2D eigenvalue weighted by molar-refractivity contribution is -0.128. The molecule has 1 aromatic carbocycles. The van der Waals surface area contributed by atoms with Gasteiger partial charge in [-0.3, -0.25) is 4.79 Å². The molecular formula is C16H23NO3. The number of amides is 1. The molecule has 0 spiro atoms. The van der Waals surface area contributed by atoms with Gasteiger partial charge in [0.25, 0.3) is 5.91 Å². The number of carbonyl (C=O) groups excluding carboxylic acids is 1. The van der Waals surface area contributed by atoms with Crippen LogP contribution in [0.5, 0.6) is 5.75 Å². The molecule has 0 bridgehead atoms. The summed E-state index contributed by atoms with van der Waals surface area (Å²) in [6, 6.07) is 7.59. The predicted molar refractivity (Wildman–Crippen MR) is 77.7 cm³/mol. The maximum absolute atomic E-state index is 12.0.